The molecule has 0 bridgehead atoms. The first kappa shape index (κ1) is 17.9. The van der Waals surface area contributed by atoms with Gasteiger partial charge in [0.05, 0.1) is 5.92 Å². The van der Waals surface area contributed by atoms with Crippen LogP contribution < -0.4 is 10.2 Å². The van der Waals surface area contributed by atoms with Gasteiger partial charge in [-0.25, -0.2) is 0 Å². The van der Waals surface area contributed by atoms with Crippen LogP contribution in [0.1, 0.15) is 17.9 Å². The summed E-state index contributed by atoms with van der Waals surface area (Å²) in [7, 11) is 0. The average molecular weight is 376 g/mol. The summed E-state index contributed by atoms with van der Waals surface area (Å²) in [5.41, 5.74) is 3.33. The predicted molar refractivity (Wildman–Crippen MR) is 105 cm³/mol. The second-order valence-electron chi connectivity index (χ2n) is 6.95. The molecule has 0 aliphatic carbocycles. The van der Waals surface area contributed by atoms with Crippen LogP contribution in [-0.4, -0.2) is 28.5 Å². The summed E-state index contributed by atoms with van der Waals surface area (Å²) in [6, 6.07) is 15.0. The molecular formula is C21H20N4O3. The fourth-order valence-corrected chi connectivity index (χ4v) is 3.24. The third-order valence-corrected chi connectivity index (χ3v) is 4.76. The van der Waals surface area contributed by atoms with Gasteiger partial charge in [0.2, 0.25) is 23.5 Å². The Morgan fingerprint density at radius 3 is 2.68 bits per heavy atom. The quantitative estimate of drug-likeness (QED) is 0.754. The number of rotatable bonds is 4. The van der Waals surface area contributed by atoms with Crippen molar-refractivity contribution in [3.8, 4) is 11.4 Å². The minimum absolute atomic E-state index is 0.0782. The maximum Gasteiger partial charge on any atom is 0.229 e. The molecule has 0 saturated carbocycles. The van der Waals surface area contributed by atoms with E-state index in [-0.39, 0.29) is 18.2 Å². The third kappa shape index (κ3) is 3.64. The molecule has 1 saturated heterocycles. The van der Waals surface area contributed by atoms with Crippen molar-refractivity contribution >= 4 is 23.2 Å². The predicted octanol–water partition coefficient (Wildman–Crippen LogP) is 3.35. The first-order valence-corrected chi connectivity index (χ1v) is 9.08. The van der Waals surface area contributed by atoms with E-state index >= 15 is 0 Å². The average Bonchev–Trinajstić information content (AvgIpc) is 3.30. The number of carbonyl (C=O) groups excluding carboxylic acids is 2. The Bertz CT molecular complexity index is 1030. The number of aryl methyl sites for hydroxylation is 2. The highest BCUT2D eigenvalue weighted by molar-refractivity contribution is 6.03. The van der Waals surface area contributed by atoms with Crippen molar-refractivity contribution in [2.75, 3.05) is 16.8 Å². The number of anilines is 2. The Morgan fingerprint density at radius 2 is 1.96 bits per heavy atom. The van der Waals surface area contributed by atoms with Gasteiger partial charge in [0.1, 0.15) is 0 Å². The first-order valence-electron chi connectivity index (χ1n) is 9.08. The van der Waals surface area contributed by atoms with Crippen molar-refractivity contribution in [2.45, 2.75) is 20.3 Å². The van der Waals surface area contributed by atoms with Crippen LogP contribution in [-0.2, 0) is 9.59 Å². The van der Waals surface area contributed by atoms with E-state index in [1.54, 1.807) is 11.8 Å². The lowest BCUT2D eigenvalue weighted by atomic mass is 10.1. The molecule has 1 unspecified atom stereocenters. The molecule has 0 radical (unpaired) electrons. The smallest absolute Gasteiger partial charge is 0.229 e. The zero-order valence-electron chi connectivity index (χ0n) is 15.7. The summed E-state index contributed by atoms with van der Waals surface area (Å²) in [5.74, 6) is 0.324. The van der Waals surface area contributed by atoms with E-state index in [1.807, 2.05) is 55.5 Å². The van der Waals surface area contributed by atoms with E-state index in [0.717, 1.165) is 22.5 Å². The van der Waals surface area contributed by atoms with Crippen molar-refractivity contribution in [3.05, 3.63) is 60.0 Å². The lowest BCUT2D eigenvalue weighted by molar-refractivity contribution is -0.122. The zero-order valence-corrected chi connectivity index (χ0v) is 15.7. The number of carbonyl (C=O) groups is 2. The number of nitrogens with one attached hydrogen (secondary N) is 1. The van der Waals surface area contributed by atoms with Crippen LogP contribution in [0, 0.1) is 19.8 Å². The standard InChI is InChI=1S/C21H20N4O3/c1-13-6-8-17(9-7-13)23-21(27)16-11-19(26)25(12-16)18-5-3-4-15(10-18)20-22-14(2)28-24-20/h3-10,16H,11-12H2,1-2H3,(H,23,27). The van der Waals surface area contributed by atoms with Crippen LogP contribution in [0.3, 0.4) is 0 Å². The molecule has 1 aliphatic heterocycles. The molecule has 2 amide bonds. The van der Waals surface area contributed by atoms with E-state index in [4.69, 9.17) is 4.52 Å². The van der Waals surface area contributed by atoms with Gasteiger partial charge in [-0.1, -0.05) is 35.0 Å². The second-order valence-corrected chi connectivity index (χ2v) is 6.95. The number of hydrogen-bond donors (Lipinski definition) is 1. The molecule has 1 aliphatic rings. The monoisotopic (exact) mass is 376 g/mol. The number of benzene rings is 2. The van der Waals surface area contributed by atoms with Gasteiger partial charge in [-0.05, 0) is 31.2 Å². The highest BCUT2D eigenvalue weighted by Gasteiger charge is 2.35. The van der Waals surface area contributed by atoms with Crippen molar-refractivity contribution in [1.29, 1.82) is 0 Å². The van der Waals surface area contributed by atoms with Crippen molar-refractivity contribution in [1.82, 2.24) is 10.1 Å². The van der Waals surface area contributed by atoms with Crippen LogP contribution in [0.15, 0.2) is 53.1 Å². The molecule has 1 fully saturated rings. The summed E-state index contributed by atoms with van der Waals surface area (Å²) in [5, 5.41) is 6.81. The fraction of sp³-hybridized carbons (Fsp3) is 0.238. The van der Waals surface area contributed by atoms with Crippen LogP contribution in [0.5, 0.6) is 0 Å². The number of hydrogen-bond acceptors (Lipinski definition) is 5. The SMILES string of the molecule is Cc1ccc(NC(=O)C2CC(=O)N(c3cccc(-c4noc(C)n4)c3)C2)cc1. The maximum atomic E-state index is 12.6. The van der Waals surface area contributed by atoms with E-state index < -0.39 is 5.92 Å². The van der Waals surface area contributed by atoms with Crippen molar-refractivity contribution in [3.63, 3.8) is 0 Å². The lowest BCUT2D eigenvalue weighted by Crippen LogP contribution is -2.28. The topological polar surface area (TPSA) is 88.3 Å². The Kier molecular flexibility index (Phi) is 4.65. The summed E-state index contributed by atoms with van der Waals surface area (Å²) in [6.07, 6.45) is 0.184. The molecule has 1 N–H and O–H groups in total. The number of amides is 2. The number of aromatic nitrogens is 2. The molecule has 7 nitrogen and oxygen atoms in total. The molecule has 28 heavy (non-hydrogen) atoms. The zero-order chi connectivity index (χ0) is 19.7. The van der Waals surface area contributed by atoms with E-state index in [0.29, 0.717) is 18.3 Å². The minimum atomic E-state index is -0.398. The van der Waals surface area contributed by atoms with Gasteiger partial charge in [-0.2, -0.15) is 4.98 Å². The fourth-order valence-electron chi connectivity index (χ4n) is 3.24. The molecule has 142 valence electrons. The molecule has 1 atom stereocenters. The lowest BCUT2D eigenvalue weighted by Gasteiger charge is -2.17. The van der Waals surface area contributed by atoms with Gasteiger partial charge in [0.15, 0.2) is 0 Å². The van der Waals surface area contributed by atoms with Gasteiger partial charge < -0.3 is 14.7 Å². The van der Waals surface area contributed by atoms with Crippen LogP contribution in [0.4, 0.5) is 11.4 Å². The normalized spacial score (nSPS) is 16.4. The highest BCUT2D eigenvalue weighted by Crippen LogP contribution is 2.29. The third-order valence-electron chi connectivity index (χ3n) is 4.76. The Morgan fingerprint density at radius 1 is 1.18 bits per heavy atom. The molecule has 7 heteroatoms. The number of nitrogens with zero attached hydrogens (tertiary/aromatic N) is 3. The minimum Gasteiger partial charge on any atom is -0.339 e. The summed E-state index contributed by atoms with van der Waals surface area (Å²) in [4.78, 5) is 31.0. The molecule has 0 spiro atoms. The molecule has 2 aromatic carbocycles. The van der Waals surface area contributed by atoms with Gasteiger partial charge in [0.25, 0.3) is 0 Å². The Labute approximate surface area is 162 Å². The van der Waals surface area contributed by atoms with Crippen LogP contribution in [0.2, 0.25) is 0 Å². The first-order chi connectivity index (χ1) is 13.5. The molecule has 4 rings (SSSR count). The van der Waals surface area contributed by atoms with Gasteiger partial charge >= 0.3 is 0 Å². The molecule has 2 heterocycles. The maximum absolute atomic E-state index is 12.6. The summed E-state index contributed by atoms with van der Waals surface area (Å²) >= 11 is 0. The summed E-state index contributed by atoms with van der Waals surface area (Å²) in [6.45, 7) is 4.05. The van der Waals surface area contributed by atoms with Crippen molar-refractivity contribution in [2.24, 2.45) is 5.92 Å². The molecule has 1 aromatic heterocycles. The van der Waals surface area contributed by atoms with Gasteiger partial charge in [-0.15, -0.1) is 0 Å². The second kappa shape index (κ2) is 7.26. The van der Waals surface area contributed by atoms with Crippen LogP contribution in [0.25, 0.3) is 11.4 Å². The Balaban J connectivity index is 1.49. The van der Waals surface area contributed by atoms with Crippen LogP contribution >= 0.6 is 0 Å². The highest BCUT2D eigenvalue weighted by atomic mass is 16.5. The van der Waals surface area contributed by atoms with E-state index in [9.17, 15) is 9.59 Å². The van der Waals surface area contributed by atoms with E-state index in [1.165, 1.54) is 0 Å². The van der Waals surface area contributed by atoms with Gasteiger partial charge in [0, 0.05) is 36.8 Å². The molecule has 3 aromatic rings. The molecular weight excluding hydrogens is 356 g/mol. The Hall–Kier alpha value is -3.48. The van der Waals surface area contributed by atoms with E-state index in [2.05, 4.69) is 15.5 Å². The summed E-state index contributed by atoms with van der Waals surface area (Å²) < 4.78 is 5.02. The van der Waals surface area contributed by atoms with Crippen molar-refractivity contribution < 1.29 is 14.1 Å². The largest absolute Gasteiger partial charge is 0.339 e. The van der Waals surface area contributed by atoms with Gasteiger partial charge in [-0.3, -0.25) is 9.59 Å².